The predicted octanol–water partition coefficient (Wildman–Crippen LogP) is 3.91. The van der Waals surface area contributed by atoms with E-state index < -0.39 is 9.21 Å². The summed E-state index contributed by atoms with van der Waals surface area (Å²) in [6, 6.07) is 0.188. The SMILES string of the molecule is ClC1=C(Cl)C2(Cl)CN1C1C2C2C=CC1C2(Cl)Cl. The molecule has 2 heterocycles. The van der Waals surface area contributed by atoms with Gasteiger partial charge in [-0.1, -0.05) is 35.4 Å². The fourth-order valence-corrected chi connectivity index (χ4v) is 5.96. The van der Waals surface area contributed by atoms with E-state index >= 15 is 0 Å². The average molecular weight is 331 g/mol. The molecule has 1 saturated heterocycles. The lowest BCUT2D eigenvalue weighted by atomic mass is 9.81. The van der Waals surface area contributed by atoms with Gasteiger partial charge in [0.2, 0.25) is 0 Å². The summed E-state index contributed by atoms with van der Waals surface area (Å²) in [6.45, 7) is 0.667. The third-order valence-electron chi connectivity index (χ3n) is 4.62. The van der Waals surface area contributed by atoms with Crippen LogP contribution in [0.2, 0.25) is 0 Å². The van der Waals surface area contributed by atoms with Crippen LogP contribution >= 0.6 is 58.0 Å². The Kier molecular flexibility index (Phi) is 2.08. The number of nitrogens with zero attached hydrogens (tertiary/aromatic N) is 1. The maximum Gasteiger partial charge on any atom is 0.133 e. The molecule has 0 aromatic rings. The Labute approximate surface area is 124 Å². The largest absolute Gasteiger partial charge is 0.355 e. The van der Waals surface area contributed by atoms with Crippen LogP contribution in [-0.4, -0.2) is 26.7 Å². The Hall–Kier alpha value is 0.730. The van der Waals surface area contributed by atoms with E-state index in [0.717, 1.165) is 0 Å². The molecule has 0 N–H and O–H groups in total. The number of rotatable bonds is 0. The molecule has 0 spiro atoms. The van der Waals surface area contributed by atoms with E-state index in [2.05, 4.69) is 17.1 Å². The third kappa shape index (κ3) is 1.05. The van der Waals surface area contributed by atoms with Gasteiger partial charge in [-0.2, -0.15) is 0 Å². The predicted molar refractivity (Wildman–Crippen MR) is 71.9 cm³/mol. The summed E-state index contributed by atoms with van der Waals surface area (Å²) >= 11 is 32.1. The normalized spacial score (nSPS) is 52.9. The van der Waals surface area contributed by atoms with Crippen LogP contribution < -0.4 is 0 Å². The van der Waals surface area contributed by atoms with E-state index in [1.807, 2.05) is 0 Å². The van der Waals surface area contributed by atoms with E-state index in [1.54, 1.807) is 0 Å². The van der Waals surface area contributed by atoms with Crippen molar-refractivity contribution in [1.82, 2.24) is 4.90 Å². The summed E-state index contributed by atoms with van der Waals surface area (Å²) in [7, 11) is 0. The fourth-order valence-electron chi connectivity index (χ4n) is 3.97. The summed E-state index contributed by atoms with van der Waals surface area (Å²) in [5, 5.41) is 1.11. The van der Waals surface area contributed by atoms with E-state index in [1.165, 1.54) is 0 Å². The summed E-state index contributed by atoms with van der Waals surface area (Å²) in [5.74, 6) is 0.297. The molecule has 2 aliphatic heterocycles. The molecule has 17 heavy (non-hydrogen) atoms. The van der Waals surface area contributed by atoms with Crippen LogP contribution in [0.3, 0.4) is 0 Å². The highest BCUT2D eigenvalue weighted by atomic mass is 35.5. The molecule has 0 aromatic heterocycles. The first-order chi connectivity index (χ1) is 7.89. The highest BCUT2D eigenvalue weighted by molar-refractivity contribution is 6.50. The second-order valence-electron chi connectivity index (χ2n) is 5.22. The molecule has 5 unspecified atom stereocenters. The van der Waals surface area contributed by atoms with Gasteiger partial charge in [0.15, 0.2) is 0 Å². The molecule has 6 heteroatoms. The van der Waals surface area contributed by atoms with Gasteiger partial charge in [0.25, 0.3) is 0 Å². The Balaban J connectivity index is 1.90. The number of allylic oxidation sites excluding steroid dienone is 1. The summed E-state index contributed by atoms with van der Waals surface area (Å²) in [4.78, 5) is 1.46. The Morgan fingerprint density at radius 1 is 1.12 bits per heavy atom. The maximum atomic E-state index is 6.70. The Bertz CT molecular complexity index is 484. The van der Waals surface area contributed by atoms with E-state index in [4.69, 9.17) is 58.0 Å². The number of alkyl halides is 3. The van der Waals surface area contributed by atoms with Crippen molar-refractivity contribution < 1.29 is 0 Å². The minimum Gasteiger partial charge on any atom is -0.355 e. The highest BCUT2D eigenvalue weighted by Gasteiger charge is 2.73. The Morgan fingerprint density at radius 2 is 1.76 bits per heavy atom. The van der Waals surface area contributed by atoms with Crippen molar-refractivity contribution in [2.75, 3.05) is 6.54 Å². The van der Waals surface area contributed by atoms with Gasteiger partial charge in [0, 0.05) is 30.3 Å². The van der Waals surface area contributed by atoms with E-state index in [9.17, 15) is 0 Å². The molecule has 0 amide bonds. The summed E-state index contributed by atoms with van der Waals surface area (Å²) in [5.41, 5.74) is 0. The molecule has 4 aliphatic rings. The first-order valence-electron chi connectivity index (χ1n) is 5.46. The first kappa shape index (κ1) is 11.5. The van der Waals surface area contributed by atoms with Gasteiger partial charge in [-0.05, 0) is 0 Å². The fraction of sp³-hybridized carbons (Fsp3) is 0.636. The number of halogens is 5. The lowest BCUT2D eigenvalue weighted by molar-refractivity contribution is 0.264. The van der Waals surface area contributed by atoms with Crippen molar-refractivity contribution in [3.05, 3.63) is 22.3 Å². The first-order valence-corrected chi connectivity index (χ1v) is 7.35. The minimum absolute atomic E-state index is 0.0573. The molecule has 1 saturated carbocycles. The smallest absolute Gasteiger partial charge is 0.133 e. The molecule has 1 nitrogen and oxygen atoms in total. The number of hydrogen-bond donors (Lipinski definition) is 0. The van der Waals surface area contributed by atoms with Crippen molar-refractivity contribution in [3.63, 3.8) is 0 Å². The lowest BCUT2D eigenvalue weighted by Gasteiger charge is -2.35. The summed E-state index contributed by atoms with van der Waals surface area (Å²) in [6.07, 6.45) is 4.17. The second-order valence-corrected chi connectivity index (χ2v) is 8.08. The van der Waals surface area contributed by atoms with Crippen LogP contribution in [-0.2, 0) is 0 Å². The molecule has 0 radical (unpaired) electrons. The number of hydrogen-bond acceptors (Lipinski definition) is 1. The van der Waals surface area contributed by atoms with Gasteiger partial charge in [-0.25, -0.2) is 0 Å². The molecule has 92 valence electrons. The Morgan fingerprint density at radius 3 is 2.47 bits per heavy atom. The minimum atomic E-state index is -0.771. The highest BCUT2D eigenvalue weighted by Crippen LogP contribution is 2.69. The van der Waals surface area contributed by atoms with Gasteiger partial charge in [0.05, 0.1) is 5.03 Å². The van der Waals surface area contributed by atoms with Gasteiger partial charge in [-0.15, -0.1) is 34.8 Å². The average Bonchev–Trinajstić information content (AvgIpc) is 2.88. The van der Waals surface area contributed by atoms with Gasteiger partial charge in [-0.3, -0.25) is 0 Å². The van der Waals surface area contributed by atoms with Gasteiger partial charge in [0.1, 0.15) is 14.4 Å². The van der Waals surface area contributed by atoms with Crippen LogP contribution in [0.25, 0.3) is 0 Å². The lowest BCUT2D eigenvalue weighted by Crippen LogP contribution is -2.40. The molecule has 2 aliphatic carbocycles. The molecule has 0 aromatic carbocycles. The quantitative estimate of drug-likeness (QED) is 0.369. The molecule has 4 rings (SSSR count). The monoisotopic (exact) mass is 329 g/mol. The van der Waals surface area contributed by atoms with Gasteiger partial charge < -0.3 is 4.90 Å². The molecule has 4 bridgehead atoms. The van der Waals surface area contributed by atoms with Crippen LogP contribution in [0, 0.1) is 17.8 Å². The van der Waals surface area contributed by atoms with Crippen LogP contribution in [0.5, 0.6) is 0 Å². The zero-order valence-electron chi connectivity index (χ0n) is 8.51. The van der Waals surface area contributed by atoms with Crippen molar-refractivity contribution in [1.29, 1.82) is 0 Å². The topological polar surface area (TPSA) is 3.24 Å². The zero-order valence-corrected chi connectivity index (χ0v) is 12.3. The van der Waals surface area contributed by atoms with Crippen LogP contribution in [0.1, 0.15) is 0 Å². The zero-order chi connectivity index (χ0) is 12.2. The van der Waals surface area contributed by atoms with Crippen LogP contribution in [0.4, 0.5) is 0 Å². The molecule has 2 fully saturated rings. The number of fused-ring (bicyclic) bond motifs is 9. The molecule has 5 atom stereocenters. The molecular formula is C11H8Cl5N. The maximum absolute atomic E-state index is 6.70. The second kappa shape index (κ2) is 3.07. The van der Waals surface area contributed by atoms with Crippen molar-refractivity contribution in [2.45, 2.75) is 15.2 Å². The summed E-state index contributed by atoms with van der Waals surface area (Å²) < 4.78 is -0.771. The van der Waals surface area contributed by atoms with E-state index in [-0.39, 0.29) is 23.8 Å². The third-order valence-corrected chi connectivity index (χ3v) is 7.31. The van der Waals surface area contributed by atoms with Crippen molar-refractivity contribution in [3.8, 4) is 0 Å². The molecular weight excluding hydrogens is 323 g/mol. The van der Waals surface area contributed by atoms with Crippen molar-refractivity contribution >= 4 is 58.0 Å². The van der Waals surface area contributed by atoms with Crippen molar-refractivity contribution in [2.24, 2.45) is 17.8 Å². The standard InChI is InChI=1S/C11H8Cl5N/c12-8-9(13)17-3-10(8,14)6-4-1-2-5(7(6)17)11(4,15)16/h1-2,4-7H,3H2. The van der Waals surface area contributed by atoms with Gasteiger partial charge >= 0.3 is 0 Å². The van der Waals surface area contributed by atoms with E-state index in [0.29, 0.717) is 16.7 Å². The van der Waals surface area contributed by atoms with Crippen LogP contribution in [0.15, 0.2) is 22.3 Å².